The van der Waals surface area contributed by atoms with Gasteiger partial charge in [0.2, 0.25) is 0 Å². The van der Waals surface area contributed by atoms with Gasteiger partial charge in [-0.05, 0) is 17.7 Å². The second kappa shape index (κ2) is 4.23. The van der Waals surface area contributed by atoms with Crippen LogP contribution in [0, 0.1) is 0 Å². The normalized spacial score (nSPS) is 12.7. The zero-order valence-corrected chi connectivity index (χ0v) is 8.54. The van der Waals surface area contributed by atoms with Crippen molar-refractivity contribution < 1.29 is 5.11 Å². The SMILES string of the molecule is Cn1cc(CC(O)c2ccccn2)cn1. The summed E-state index contributed by atoms with van der Waals surface area (Å²) in [6.45, 7) is 0. The zero-order valence-electron chi connectivity index (χ0n) is 8.54. The minimum absolute atomic E-state index is 0.546. The Balaban J connectivity index is 2.07. The summed E-state index contributed by atoms with van der Waals surface area (Å²) in [7, 11) is 1.86. The van der Waals surface area contributed by atoms with E-state index in [9.17, 15) is 5.11 Å². The molecule has 0 fully saturated rings. The summed E-state index contributed by atoms with van der Waals surface area (Å²) in [6, 6.07) is 5.52. The topological polar surface area (TPSA) is 50.9 Å². The van der Waals surface area contributed by atoms with Crippen molar-refractivity contribution in [3.8, 4) is 0 Å². The highest BCUT2D eigenvalue weighted by Crippen LogP contribution is 2.14. The molecule has 0 saturated heterocycles. The first-order chi connectivity index (χ1) is 7.25. The van der Waals surface area contributed by atoms with E-state index in [0.29, 0.717) is 12.1 Å². The van der Waals surface area contributed by atoms with Gasteiger partial charge < -0.3 is 5.11 Å². The van der Waals surface area contributed by atoms with E-state index < -0.39 is 6.10 Å². The molecule has 0 amide bonds. The molecule has 0 aliphatic rings. The maximum absolute atomic E-state index is 9.88. The van der Waals surface area contributed by atoms with Crippen LogP contribution in [0.2, 0.25) is 0 Å². The average Bonchev–Trinajstić information content (AvgIpc) is 2.65. The first-order valence-corrected chi connectivity index (χ1v) is 4.82. The molecule has 0 aliphatic heterocycles. The minimum atomic E-state index is -0.560. The van der Waals surface area contributed by atoms with Gasteiger partial charge in [0.1, 0.15) is 6.10 Å². The Kier molecular flexibility index (Phi) is 2.78. The number of hydrogen-bond donors (Lipinski definition) is 1. The molecule has 1 unspecified atom stereocenters. The lowest BCUT2D eigenvalue weighted by Crippen LogP contribution is -2.03. The van der Waals surface area contributed by atoms with Gasteiger partial charge in [-0.3, -0.25) is 9.67 Å². The van der Waals surface area contributed by atoms with Crippen LogP contribution in [0.25, 0.3) is 0 Å². The number of nitrogens with zero attached hydrogens (tertiary/aromatic N) is 3. The molecule has 2 aromatic heterocycles. The summed E-state index contributed by atoms with van der Waals surface area (Å²) in [5.74, 6) is 0. The number of aliphatic hydroxyl groups is 1. The van der Waals surface area contributed by atoms with E-state index in [1.54, 1.807) is 17.1 Å². The van der Waals surface area contributed by atoms with Crippen LogP contribution in [0.3, 0.4) is 0 Å². The van der Waals surface area contributed by atoms with Crippen molar-refractivity contribution in [1.82, 2.24) is 14.8 Å². The van der Waals surface area contributed by atoms with Crippen LogP contribution < -0.4 is 0 Å². The van der Waals surface area contributed by atoms with Crippen LogP contribution in [-0.2, 0) is 13.5 Å². The third-order valence-corrected chi connectivity index (χ3v) is 2.22. The van der Waals surface area contributed by atoms with E-state index in [2.05, 4.69) is 10.1 Å². The van der Waals surface area contributed by atoms with Gasteiger partial charge in [0.05, 0.1) is 11.9 Å². The van der Waals surface area contributed by atoms with Crippen LogP contribution in [0.4, 0.5) is 0 Å². The number of aryl methyl sites for hydroxylation is 1. The van der Waals surface area contributed by atoms with Gasteiger partial charge in [-0.15, -0.1) is 0 Å². The standard InChI is InChI=1S/C11H13N3O/c1-14-8-9(7-13-14)6-11(15)10-4-2-3-5-12-10/h2-5,7-8,11,15H,6H2,1H3. The van der Waals surface area contributed by atoms with E-state index in [-0.39, 0.29) is 0 Å². The third-order valence-electron chi connectivity index (χ3n) is 2.22. The molecule has 0 spiro atoms. The molecule has 0 radical (unpaired) electrons. The Bertz CT molecular complexity index is 424. The number of rotatable bonds is 3. The third kappa shape index (κ3) is 2.41. The molecule has 2 aromatic rings. The van der Waals surface area contributed by atoms with E-state index in [4.69, 9.17) is 0 Å². The molecule has 1 N–H and O–H groups in total. The predicted molar refractivity (Wildman–Crippen MR) is 56.1 cm³/mol. The van der Waals surface area contributed by atoms with Crippen molar-refractivity contribution in [3.63, 3.8) is 0 Å². The molecule has 15 heavy (non-hydrogen) atoms. The molecule has 0 aromatic carbocycles. The Labute approximate surface area is 88.2 Å². The summed E-state index contributed by atoms with van der Waals surface area (Å²) in [4.78, 5) is 4.10. The minimum Gasteiger partial charge on any atom is -0.386 e. The molecule has 78 valence electrons. The van der Waals surface area contributed by atoms with Crippen molar-refractivity contribution in [1.29, 1.82) is 0 Å². The molecular weight excluding hydrogens is 190 g/mol. The number of aliphatic hydroxyl groups excluding tert-OH is 1. The Morgan fingerprint density at radius 1 is 1.47 bits per heavy atom. The van der Waals surface area contributed by atoms with Gasteiger partial charge in [-0.2, -0.15) is 5.10 Å². The molecule has 2 rings (SSSR count). The molecule has 2 heterocycles. The quantitative estimate of drug-likeness (QED) is 0.812. The van der Waals surface area contributed by atoms with E-state index in [1.165, 1.54) is 0 Å². The average molecular weight is 203 g/mol. The fourth-order valence-electron chi connectivity index (χ4n) is 1.48. The van der Waals surface area contributed by atoms with Crippen LogP contribution >= 0.6 is 0 Å². The van der Waals surface area contributed by atoms with Gasteiger partial charge >= 0.3 is 0 Å². The predicted octanol–water partition coefficient (Wildman–Crippen LogP) is 1.09. The fraction of sp³-hybridized carbons (Fsp3) is 0.273. The van der Waals surface area contributed by atoms with Crippen molar-refractivity contribution in [2.45, 2.75) is 12.5 Å². The first kappa shape index (κ1) is 9.86. The van der Waals surface area contributed by atoms with Crippen LogP contribution in [0.15, 0.2) is 36.8 Å². The van der Waals surface area contributed by atoms with Crippen molar-refractivity contribution in [2.75, 3.05) is 0 Å². The summed E-state index contributed by atoms with van der Waals surface area (Å²) < 4.78 is 1.72. The molecule has 1 atom stereocenters. The molecule has 4 heteroatoms. The van der Waals surface area contributed by atoms with E-state index in [1.807, 2.05) is 31.4 Å². The monoisotopic (exact) mass is 203 g/mol. The van der Waals surface area contributed by atoms with Crippen LogP contribution in [0.1, 0.15) is 17.4 Å². The molecule has 0 bridgehead atoms. The largest absolute Gasteiger partial charge is 0.386 e. The smallest absolute Gasteiger partial charge is 0.100 e. The van der Waals surface area contributed by atoms with Crippen molar-refractivity contribution in [3.05, 3.63) is 48.0 Å². The summed E-state index contributed by atoms with van der Waals surface area (Å²) in [6.07, 6.45) is 5.32. The van der Waals surface area contributed by atoms with Crippen LogP contribution in [0.5, 0.6) is 0 Å². The lowest BCUT2D eigenvalue weighted by atomic mass is 10.1. The van der Waals surface area contributed by atoms with Gasteiger partial charge in [0.15, 0.2) is 0 Å². The summed E-state index contributed by atoms with van der Waals surface area (Å²) in [5, 5.41) is 13.9. The van der Waals surface area contributed by atoms with E-state index in [0.717, 1.165) is 5.56 Å². The number of hydrogen-bond acceptors (Lipinski definition) is 3. The lowest BCUT2D eigenvalue weighted by Gasteiger charge is -2.07. The maximum Gasteiger partial charge on any atom is 0.100 e. The van der Waals surface area contributed by atoms with Crippen molar-refractivity contribution in [2.24, 2.45) is 7.05 Å². The Morgan fingerprint density at radius 2 is 2.33 bits per heavy atom. The molecule has 4 nitrogen and oxygen atoms in total. The summed E-state index contributed by atoms with van der Waals surface area (Å²) >= 11 is 0. The number of pyridine rings is 1. The zero-order chi connectivity index (χ0) is 10.7. The Morgan fingerprint density at radius 3 is 2.93 bits per heavy atom. The number of aromatic nitrogens is 3. The second-order valence-electron chi connectivity index (χ2n) is 3.50. The highest BCUT2D eigenvalue weighted by Gasteiger charge is 2.10. The van der Waals surface area contributed by atoms with Gasteiger partial charge in [0.25, 0.3) is 0 Å². The van der Waals surface area contributed by atoms with Gasteiger partial charge in [-0.25, -0.2) is 0 Å². The van der Waals surface area contributed by atoms with Crippen molar-refractivity contribution >= 4 is 0 Å². The second-order valence-corrected chi connectivity index (χ2v) is 3.50. The fourth-order valence-corrected chi connectivity index (χ4v) is 1.48. The highest BCUT2D eigenvalue weighted by atomic mass is 16.3. The highest BCUT2D eigenvalue weighted by molar-refractivity contribution is 5.12. The lowest BCUT2D eigenvalue weighted by molar-refractivity contribution is 0.173. The Hall–Kier alpha value is -1.68. The molecule has 0 aliphatic carbocycles. The maximum atomic E-state index is 9.88. The first-order valence-electron chi connectivity index (χ1n) is 4.82. The van der Waals surface area contributed by atoms with Crippen LogP contribution in [-0.4, -0.2) is 19.9 Å². The molecular formula is C11H13N3O. The summed E-state index contributed by atoms with van der Waals surface area (Å²) in [5.41, 5.74) is 1.71. The van der Waals surface area contributed by atoms with Gasteiger partial charge in [-0.1, -0.05) is 6.07 Å². The molecule has 0 saturated carbocycles. The van der Waals surface area contributed by atoms with Gasteiger partial charge in [0, 0.05) is 25.9 Å². The van der Waals surface area contributed by atoms with E-state index >= 15 is 0 Å².